The van der Waals surface area contributed by atoms with Crippen LogP contribution in [0, 0.1) is 0 Å². The summed E-state index contributed by atoms with van der Waals surface area (Å²) in [6.45, 7) is 9.39. The van der Waals surface area contributed by atoms with E-state index in [1.165, 1.54) is 96.3 Å². The molecule has 37 heavy (non-hydrogen) atoms. The molecule has 0 spiro atoms. The predicted octanol–water partition coefficient (Wildman–Crippen LogP) is 5.69. The van der Waals surface area contributed by atoms with Crippen LogP contribution in [0.3, 0.4) is 0 Å². The number of nitrogens with one attached hydrogen (secondary N) is 2. The van der Waals surface area contributed by atoms with E-state index >= 15 is 0 Å². The topological polar surface area (TPSA) is 89.3 Å². The smallest absolute Gasteiger partial charge is 0.290 e. The number of hydrogen-bond acceptors (Lipinski definition) is 6. The number of nitrogens with zero attached hydrogens (tertiary/aromatic N) is 2. The molecule has 0 aromatic carbocycles. The fourth-order valence-corrected chi connectivity index (χ4v) is 5.71. The van der Waals surface area contributed by atoms with Gasteiger partial charge in [0.1, 0.15) is 18.8 Å². The largest absolute Gasteiger partial charge is 0.463 e. The van der Waals surface area contributed by atoms with E-state index in [1.807, 2.05) is 4.90 Å². The fourth-order valence-electron chi connectivity index (χ4n) is 5.71. The number of fused-ring (bicyclic) bond motifs is 1. The van der Waals surface area contributed by atoms with E-state index in [-0.39, 0.29) is 6.04 Å². The minimum Gasteiger partial charge on any atom is -0.463 e. The number of rotatable bonds is 23. The lowest BCUT2D eigenvalue weighted by molar-refractivity contribution is -0.0384. The highest BCUT2D eigenvalue weighted by atomic mass is 16.5. The molecule has 2 aliphatic rings. The molecule has 0 amide bonds. The fraction of sp³-hybridized carbons (Fsp3) is 0.967. The standard InChI is InChI=1S/C30H60N4O3/c1-4-7-10-13-16-19-22-31-29-34-26(25-37-29)27(35)28(36)30(34,32-23-20-17-14-11-8-5-2)33-24-21-18-15-12-9-6-3/h26-28,32-33,35-36H,4-25H2,1-3H3/t26-,27-,28+/m1/s1. The Morgan fingerprint density at radius 3 is 1.70 bits per heavy atom. The lowest BCUT2D eigenvalue weighted by atomic mass is 10.1. The van der Waals surface area contributed by atoms with Gasteiger partial charge >= 0.3 is 0 Å². The van der Waals surface area contributed by atoms with Crippen LogP contribution < -0.4 is 10.6 Å². The van der Waals surface area contributed by atoms with Crippen molar-refractivity contribution in [3.63, 3.8) is 0 Å². The zero-order valence-corrected chi connectivity index (χ0v) is 24.5. The van der Waals surface area contributed by atoms with Gasteiger partial charge in [-0.15, -0.1) is 0 Å². The van der Waals surface area contributed by atoms with Gasteiger partial charge in [-0.1, -0.05) is 117 Å². The number of aliphatic imine (C=N–C) groups is 1. The maximum atomic E-state index is 11.3. The van der Waals surface area contributed by atoms with Crippen molar-refractivity contribution in [3.8, 4) is 0 Å². The van der Waals surface area contributed by atoms with Crippen molar-refractivity contribution in [1.82, 2.24) is 15.5 Å². The highest BCUT2D eigenvalue weighted by Gasteiger charge is 2.62. The first-order chi connectivity index (χ1) is 18.1. The summed E-state index contributed by atoms with van der Waals surface area (Å²) in [5.74, 6) is -0.937. The Labute approximate surface area is 228 Å². The van der Waals surface area contributed by atoms with E-state index in [4.69, 9.17) is 9.73 Å². The van der Waals surface area contributed by atoms with Gasteiger partial charge in [0.15, 0.2) is 5.79 Å². The summed E-state index contributed by atoms with van der Waals surface area (Å²) in [4.78, 5) is 6.86. The van der Waals surface area contributed by atoms with Crippen LogP contribution in [0.1, 0.15) is 136 Å². The molecule has 7 nitrogen and oxygen atoms in total. The Kier molecular flexibility index (Phi) is 16.8. The zero-order chi connectivity index (χ0) is 26.8. The first kappa shape index (κ1) is 32.3. The van der Waals surface area contributed by atoms with E-state index in [9.17, 15) is 10.2 Å². The molecule has 0 unspecified atom stereocenters. The van der Waals surface area contributed by atoms with E-state index in [2.05, 4.69) is 31.4 Å². The van der Waals surface area contributed by atoms with Gasteiger partial charge in [-0.2, -0.15) is 0 Å². The summed E-state index contributed by atoms with van der Waals surface area (Å²) in [5.41, 5.74) is 0. The van der Waals surface area contributed by atoms with E-state index in [1.54, 1.807) is 0 Å². The third-order valence-corrected chi connectivity index (χ3v) is 8.06. The first-order valence-corrected chi connectivity index (χ1v) is 15.9. The Hall–Kier alpha value is -0.890. The molecule has 218 valence electrons. The molecule has 0 aromatic rings. The average molecular weight is 525 g/mol. The third-order valence-electron chi connectivity index (χ3n) is 8.06. The lowest BCUT2D eigenvalue weighted by Crippen LogP contribution is -2.71. The van der Waals surface area contributed by atoms with Gasteiger partial charge in [0, 0.05) is 6.54 Å². The molecule has 7 heteroatoms. The summed E-state index contributed by atoms with van der Waals surface area (Å²) >= 11 is 0. The van der Waals surface area contributed by atoms with Crippen molar-refractivity contribution >= 4 is 6.02 Å². The highest BCUT2D eigenvalue weighted by molar-refractivity contribution is 5.78. The second-order valence-electron chi connectivity index (χ2n) is 11.3. The Bertz CT molecular complexity index is 585. The third kappa shape index (κ3) is 10.3. The van der Waals surface area contributed by atoms with Crippen LogP contribution in [0.2, 0.25) is 0 Å². The van der Waals surface area contributed by atoms with Gasteiger partial charge in [0.2, 0.25) is 0 Å². The number of aliphatic hydroxyl groups excluding tert-OH is 2. The lowest BCUT2D eigenvalue weighted by Gasteiger charge is -2.41. The molecule has 0 aliphatic carbocycles. The van der Waals surface area contributed by atoms with Crippen LogP contribution in [0.4, 0.5) is 0 Å². The van der Waals surface area contributed by atoms with Gasteiger partial charge < -0.3 is 14.9 Å². The second-order valence-corrected chi connectivity index (χ2v) is 11.3. The monoisotopic (exact) mass is 524 g/mol. The van der Waals surface area contributed by atoms with Crippen molar-refractivity contribution < 1.29 is 14.9 Å². The minimum atomic E-state index is -0.944. The number of unbranched alkanes of at least 4 members (excludes halogenated alkanes) is 15. The van der Waals surface area contributed by atoms with Crippen LogP contribution in [-0.2, 0) is 4.74 Å². The minimum absolute atomic E-state index is 0.285. The van der Waals surface area contributed by atoms with Crippen LogP contribution in [-0.4, -0.2) is 71.4 Å². The first-order valence-electron chi connectivity index (χ1n) is 15.9. The quantitative estimate of drug-likeness (QED) is 0.101. The molecule has 4 N–H and O–H groups in total. The van der Waals surface area contributed by atoms with Crippen molar-refractivity contribution in [2.24, 2.45) is 4.99 Å². The average Bonchev–Trinajstić information content (AvgIpc) is 3.41. The summed E-state index contributed by atoms with van der Waals surface area (Å²) in [7, 11) is 0. The molecule has 0 aromatic heterocycles. The van der Waals surface area contributed by atoms with Crippen molar-refractivity contribution in [1.29, 1.82) is 0 Å². The molecule has 2 rings (SSSR count). The molecule has 0 bridgehead atoms. The molecule has 2 fully saturated rings. The van der Waals surface area contributed by atoms with Crippen LogP contribution in [0.15, 0.2) is 4.99 Å². The van der Waals surface area contributed by atoms with Crippen molar-refractivity contribution in [3.05, 3.63) is 0 Å². The van der Waals surface area contributed by atoms with Gasteiger partial charge in [-0.05, 0) is 32.4 Å². The number of hydrogen-bond donors (Lipinski definition) is 4. The van der Waals surface area contributed by atoms with Gasteiger partial charge in [-0.3, -0.25) is 15.5 Å². The van der Waals surface area contributed by atoms with Crippen molar-refractivity contribution in [2.75, 3.05) is 26.2 Å². The molecule has 3 atom stereocenters. The summed E-state index contributed by atoms with van der Waals surface area (Å²) < 4.78 is 6.01. The maximum absolute atomic E-state index is 11.3. The normalized spacial score (nSPS) is 23.6. The highest BCUT2D eigenvalue weighted by Crippen LogP contribution is 2.36. The number of aliphatic hydroxyl groups is 2. The van der Waals surface area contributed by atoms with Crippen LogP contribution in [0.25, 0.3) is 0 Å². The van der Waals surface area contributed by atoms with E-state index in [0.717, 1.165) is 38.9 Å². The molecular formula is C30H60N4O3. The maximum Gasteiger partial charge on any atom is 0.290 e. The Morgan fingerprint density at radius 1 is 0.730 bits per heavy atom. The molecule has 0 saturated carbocycles. The van der Waals surface area contributed by atoms with Crippen molar-refractivity contribution in [2.45, 2.75) is 160 Å². The zero-order valence-electron chi connectivity index (χ0n) is 24.5. The van der Waals surface area contributed by atoms with Crippen LogP contribution in [0.5, 0.6) is 0 Å². The summed E-state index contributed by atoms with van der Waals surface area (Å²) in [6.07, 6.45) is 20.2. The molecule has 0 radical (unpaired) electrons. The second kappa shape index (κ2) is 19.2. The Balaban J connectivity index is 2.01. The Morgan fingerprint density at radius 2 is 1.19 bits per heavy atom. The molecule has 2 aliphatic heterocycles. The predicted molar refractivity (Wildman–Crippen MR) is 155 cm³/mol. The summed E-state index contributed by atoms with van der Waals surface area (Å²) in [5, 5.41) is 29.6. The van der Waals surface area contributed by atoms with E-state index in [0.29, 0.717) is 12.6 Å². The molecule has 2 saturated heterocycles. The van der Waals surface area contributed by atoms with Gasteiger partial charge in [-0.25, -0.2) is 4.99 Å². The van der Waals surface area contributed by atoms with E-state index < -0.39 is 18.0 Å². The number of ether oxygens (including phenoxy) is 1. The number of amidine groups is 1. The molecule has 2 heterocycles. The van der Waals surface area contributed by atoms with Gasteiger partial charge in [0.25, 0.3) is 6.02 Å². The van der Waals surface area contributed by atoms with Gasteiger partial charge in [0.05, 0.1) is 6.04 Å². The SMILES string of the molecule is CCCCCCCCN=C1OC[C@@H]2[C@@H](O)[C@H](O)C(NCCCCCCCC)(NCCCCCCCC)N12. The molecular weight excluding hydrogens is 464 g/mol. The summed E-state index contributed by atoms with van der Waals surface area (Å²) in [6, 6.07) is 0.285. The van der Waals surface area contributed by atoms with Crippen LogP contribution >= 0.6 is 0 Å².